The van der Waals surface area contributed by atoms with Crippen molar-refractivity contribution < 1.29 is 26.3 Å². The van der Waals surface area contributed by atoms with Gasteiger partial charge in [-0.15, -0.1) is 0 Å². The zero-order valence-electron chi connectivity index (χ0n) is 9.69. The molecule has 2 rings (SSSR count). The minimum atomic E-state index is -4.83. The van der Waals surface area contributed by atoms with Crippen molar-refractivity contribution in [1.82, 2.24) is 0 Å². The summed E-state index contributed by atoms with van der Waals surface area (Å²) in [7, 11) is 0. The topological polar surface area (TPSA) is 0 Å². The lowest BCUT2D eigenvalue weighted by Crippen LogP contribution is -2.13. The molecule has 1 aliphatic heterocycles. The van der Waals surface area contributed by atoms with Gasteiger partial charge in [0.2, 0.25) is 0 Å². The Morgan fingerprint density at radius 2 is 1.60 bits per heavy atom. The van der Waals surface area contributed by atoms with E-state index in [0.717, 1.165) is 6.07 Å². The Hall–Kier alpha value is -1.12. The van der Waals surface area contributed by atoms with E-state index >= 15 is 0 Å². The number of benzene rings is 1. The molecule has 0 nitrogen and oxygen atoms in total. The molecular weight excluding hydrogens is 397 g/mol. The molecule has 0 atom stereocenters. The molecule has 0 aliphatic carbocycles. The minimum absolute atomic E-state index is 0.167. The van der Waals surface area contributed by atoms with Crippen molar-refractivity contribution in [3.63, 3.8) is 0 Å². The lowest BCUT2D eigenvalue weighted by atomic mass is 9.97. The first kappa shape index (κ1) is 15.3. The molecule has 0 unspecified atom stereocenters. The summed E-state index contributed by atoms with van der Waals surface area (Å²) in [6.45, 7) is 0. The summed E-state index contributed by atoms with van der Waals surface area (Å²) in [5, 5.41) is 0. The van der Waals surface area contributed by atoms with E-state index in [1.807, 2.05) is 4.01 Å². The van der Waals surface area contributed by atoms with Crippen LogP contribution >= 0.6 is 20.7 Å². The Morgan fingerprint density at radius 3 is 2.10 bits per heavy atom. The Labute approximate surface area is 120 Å². The molecule has 1 heterocycles. The van der Waals surface area contributed by atoms with E-state index in [1.54, 1.807) is 10.2 Å². The summed E-state index contributed by atoms with van der Waals surface area (Å²) in [4.78, 5) is 0. The maximum Gasteiger partial charge on any atom is 0.417 e. The SMILES string of the molecule is FC(F)(F)c1ccc(C2=CI=CC=C2)c(C(F)(F)F)c1. The minimum Gasteiger partial charge on any atom is -0.166 e. The van der Waals surface area contributed by atoms with Gasteiger partial charge in [0, 0.05) is 0 Å². The molecule has 0 N–H and O–H groups in total. The fourth-order valence-corrected chi connectivity index (χ4v) is 3.26. The molecular formula is C13H7F6I. The fraction of sp³-hybridized carbons (Fsp3) is 0.154. The van der Waals surface area contributed by atoms with Crippen molar-refractivity contribution >= 4 is 30.3 Å². The van der Waals surface area contributed by atoms with E-state index in [1.165, 1.54) is 6.08 Å². The summed E-state index contributed by atoms with van der Waals surface area (Å²) in [5.74, 6) is 0. The first-order chi connectivity index (χ1) is 9.19. The van der Waals surface area contributed by atoms with Crippen LogP contribution in [-0.4, -0.2) is 4.01 Å². The van der Waals surface area contributed by atoms with Gasteiger partial charge in [-0.25, -0.2) is 0 Å². The lowest BCUT2D eigenvalue weighted by Gasteiger charge is -2.16. The summed E-state index contributed by atoms with van der Waals surface area (Å²) in [5.41, 5.74) is -2.44. The highest BCUT2D eigenvalue weighted by Crippen LogP contribution is 2.40. The molecule has 1 aliphatic rings. The Balaban J connectivity index is 2.61. The van der Waals surface area contributed by atoms with Crippen LogP contribution in [0.3, 0.4) is 0 Å². The Bertz CT molecular complexity index is 604. The molecule has 0 saturated heterocycles. The Kier molecular flexibility index (Phi) is 4.08. The van der Waals surface area contributed by atoms with E-state index < -0.39 is 44.2 Å². The van der Waals surface area contributed by atoms with Crippen molar-refractivity contribution in [2.24, 2.45) is 0 Å². The molecule has 7 heteroatoms. The van der Waals surface area contributed by atoms with Gasteiger partial charge in [-0.2, -0.15) is 26.3 Å². The van der Waals surface area contributed by atoms with Crippen molar-refractivity contribution in [3.05, 3.63) is 51.1 Å². The second kappa shape index (κ2) is 5.34. The smallest absolute Gasteiger partial charge is 0.166 e. The van der Waals surface area contributed by atoms with Gasteiger partial charge in [-0.1, -0.05) is 38.9 Å². The summed E-state index contributed by atoms with van der Waals surface area (Å²) < 4.78 is 80.0. The zero-order chi connectivity index (χ0) is 15.0. The molecule has 0 saturated carbocycles. The average Bonchev–Trinajstić information content (AvgIpc) is 2.37. The van der Waals surface area contributed by atoms with Crippen molar-refractivity contribution in [1.29, 1.82) is 0 Å². The van der Waals surface area contributed by atoms with Gasteiger partial charge in [0.1, 0.15) is 0 Å². The number of hydrogen-bond donors (Lipinski definition) is 0. The largest absolute Gasteiger partial charge is 0.417 e. The van der Waals surface area contributed by atoms with Gasteiger partial charge in [-0.3, -0.25) is 0 Å². The third-order valence-corrected chi connectivity index (χ3v) is 4.43. The van der Waals surface area contributed by atoms with Crippen LogP contribution in [0.25, 0.3) is 5.57 Å². The average molecular weight is 404 g/mol. The van der Waals surface area contributed by atoms with E-state index in [9.17, 15) is 26.3 Å². The summed E-state index contributed by atoms with van der Waals surface area (Å²) in [6, 6.07) is 1.73. The predicted molar refractivity (Wildman–Crippen MR) is 73.6 cm³/mol. The third-order valence-electron chi connectivity index (χ3n) is 2.57. The highest BCUT2D eigenvalue weighted by atomic mass is 127. The zero-order valence-corrected chi connectivity index (χ0v) is 11.8. The molecule has 20 heavy (non-hydrogen) atoms. The summed E-state index contributed by atoms with van der Waals surface area (Å²) in [6.07, 6.45) is -6.53. The van der Waals surface area contributed by atoms with Crippen LogP contribution in [0.1, 0.15) is 16.7 Å². The number of hydrogen-bond acceptors (Lipinski definition) is 0. The molecule has 0 fully saturated rings. The van der Waals surface area contributed by atoms with Crippen LogP contribution in [-0.2, 0) is 12.4 Å². The number of rotatable bonds is 1. The highest BCUT2D eigenvalue weighted by Gasteiger charge is 2.38. The van der Waals surface area contributed by atoms with Crippen molar-refractivity contribution in [3.8, 4) is 0 Å². The Morgan fingerprint density at radius 1 is 0.900 bits per heavy atom. The second-order valence-electron chi connectivity index (χ2n) is 3.93. The van der Waals surface area contributed by atoms with Gasteiger partial charge in [0.05, 0.1) is 11.1 Å². The molecule has 1 aromatic carbocycles. The van der Waals surface area contributed by atoms with Gasteiger partial charge < -0.3 is 0 Å². The third kappa shape index (κ3) is 3.31. The molecule has 0 radical (unpaired) electrons. The molecule has 0 spiro atoms. The monoisotopic (exact) mass is 404 g/mol. The van der Waals surface area contributed by atoms with E-state index in [0.29, 0.717) is 11.6 Å². The van der Waals surface area contributed by atoms with E-state index in [2.05, 4.69) is 0 Å². The normalized spacial score (nSPS) is 15.8. The van der Waals surface area contributed by atoms with Crippen LogP contribution in [0.15, 0.2) is 34.4 Å². The van der Waals surface area contributed by atoms with Gasteiger partial charge in [-0.05, 0) is 31.4 Å². The molecule has 0 amide bonds. The first-order valence-electron chi connectivity index (χ1n) is 5.30. The lowest BCUT2D eigenvalue weighted by molar-refractivity contribution is -0.143. The number of halogens is 7. The van der Waals surface area contributed by atoms with Crippen LogP contribution in [0.4, 0.5) is 26.3 Å². The molecule has 1 aromatic rings. The maximum atomic E-state index is 13.0. The van der Waals surface area contributed by atoms with E-state index in [4.69, 9.17) is 0 Å². The van der Waals surface area contributed by atoms with E-state index in [-0.39, 0.29) is 11.6 Å². The highest BCUT2D eigenvalue weighted by molar-refractivity contribution is 14.2. The van der Waals surface area contributed by atoms with Crippen molar-refractivity contribution in [2.45, 2.75) is 12.4 Å². The predicted octanol–water partition coefficient (Wildman–Crippen LogP) is 5.41. The van der Waals surface area contributed by atoms with Crippen LogP contribution in [0.5, 0.6) is 0 Å². The van der Waals surface area contributed by atoms with Gasteiger partial charge in [0.15, 0.2) is 0 Å². The second-order valence-corrected chi connectivity index (χ2v) is 5.99. The number of alkyl halides is 6. The summed E-state index contributed by atoms with van der Waals surface area (Å²) >= 11 is -0.495. The van der Waals surface area contributed by atoms with Crippen LogP contribution in [0, 0.1) is 0 Å². The van der Waals surface area contributed by atoms with Crippen LogP contribution in [0.2, 0.25) is 0 Å². The fourth-order valence-electron chi connectivity index (χ4n) is 1.68. The molecule has 0 bridgehead atoms. The van der Waals surface area contributed by atoms with Gasteiger partial charge >= 0.3 is 12.4 Å². The quantitative estimate of drug-likeness (QED) is 0.434. The molecule has 0 aromatic heterocycles. The maximum absolute atomic E-state index is 13.0. The van der Waals surface area contributed by atoms with Crippen molar-refractivity contribution in [2.75, 3.05) is 0 Å². The molecule has 108 valence electrons. The standard InChI is InChI=1S/C13H7F6I/c14-12(15,16)9-3-4-10(8-2-1-5-20-7-8)11(6-9)13(17,18)19/h1-7H. The van der Waals surface area contributed by atoms with Crippen LogP contribution < -0.4 is 0 Å². The number of allylic oxidation sites excluding steroid dienone is 3. The first-order valence-corrected chi connectivity index (χ1v) is 7.79. The van der Waals surface area contributed by atoms with Gasteiger partial charge in [0.25, 0.3) is 0 Å².